The maximum atomic E-state index is 13.6. The van der Waals surface area contributed by atoms with Crippen LogP contribution in [0.4, 0.5) is 13.2 Å². The van der Waals surface area contributed by atoms with Crippen molar-refractivity contribution in [3.05, 3.63) is 77.2 Å². The summed E-state index contributed by atoms with van der Waals surface area (Å²) < 4.78 is 40.5. The summed E-state index contributed by atoms with van der Waals surface area (Å²) in [5, 5.41) is 9.70. The van der Waals surface area contributed by atoms with E-state index in [1.54, 1.807) is 30.3 Å². The molecule has 0 N–H and O–H groups in total. The number of carbonyl (C=O) groups is 2. The molecule has 3 aromatic rings. The van der Waals surface area contributed by atoms with Crippen LogP contribution >= 0.6 is 0 Å². The van der Waals surface area contributed by atoms with Gasteiger partial charge in [0.05, 0.1) is 18.1 Å². The number of nitrogens with zero attached hydrogens (tertiary/aromatic N) is 3. The number of rotatable bonds is 6. The number of allylic oxidation sites excluding steroid dienone is 1. The van der Waals surface area contributed by atoms with Gasteiger partial charge in [0.2, 0.25) is 5.91 Å². The molecule has 0 aliphatic carbocycles. The highest BCUT2D eigenvalue weighted by Gasteiger charge is 2.47. The maximum absolute atomic E-state index is 13.6. The van der Waals surface area contributed by atoms with Gasteiger partial charge in [-0.1, -0.05) is 24.3 Å². The lowest BCUT2D eigenvalue weighted by Gasteiger charge is -2.18. The average molecular weight is 477 g/mol. The number of amides is 1. The predicted molar refractivity (Wildman–Crippen MR) is 126 cm³/mol. The summed E-state index contributed by atoms with van der Waals surface area (Å²) in [6, 6.07) is 13.7. The molecule has 0 spiro atoms. The van der Waals surface area contributed by atoms with E-state index < -0.39 is 30.8 Å². The van der Waals surface area contributed by atoms with E-state index in [4.69, 9.17) is 5.26 Å². The third-order valence-corrected chi connectivity index (χ3v) is 6.06. The average Bonchev–Trinajstić information content (AvgIpc) is 3.17. The molecule has 1 aromatic heterocycles. The second kappa shape index (κ2) is 9.71. The van der Waals surface area contributed by atoms with Gasteiger partial charge in [-0.15, -0.1) is 0 Å². The summed E-state index contributed by atoms with van der Waals surface area (Å²) in [5.41, 5.74) is 3.55. The summed E-state index contributed by atoms with van der Waals surface area (Å²) in [6.45, 7) is 1.10. The van der Waals surface area contributed by atoms with Crippen molar-refractivity contribution < 1.29 is 22.8 Å². The summed E-state index contributed by atoms with van der Waals surface area (Å²) in [5.74, 6) is -4.38. The maximum Gasteiger partial charge on any atom is 0.268 e. The summed E-state index contributed by atoms with van der Waals surface area (Å²) in [7, 11) is 0. The third-order valence-electron chi connectivity index (χ3n) is 6.06. The Morgan fingerprint density at radius 2 is 1.91 bits per heavy atom. The van der Waals surface area contributed by atoms with E-state index >= 15 is 0 Å². The first kappa shape index (κ1) is 24.1. The van der Waals surface area contributed by atoms with Crippen LogP contribution < -0.4 is 0 Å². The smallest absolute Gasteiger partial charge is 0.268 e. The molecule has 0 unspecified atom stereocenters. The van der Waals surface area contributed by atoms with E-state index in [-0.39, 0.29) is 24.4 Å². The Labute approximate surface area is 200 Å². The number of halogens is 3. The number of benzene rings is 2. The van der Waals surface area contributed by atoms with E-state index in [1.807, 2.05) is 25.1 Å². The molecule has 35 heavy (non-hydrogen) atoms. The van der Waals surface area contributed by atoms with Crippen molar-refractivity contribution in [2.75, 3.05) is 6.54 Å². The van der Waals surface area contributed by atoms with Gasteiger partial charge in [0, 0.05) is 36.4 Å². The van der Waals surface area contributed by atoms with Gasteiger partial charge in [0.25, 0.3) is 5.92 Å². The van der Waals surface area contributed by atoms with Gasteiger partial charge in [-0.3, -0.25) is 14.6 Å². The summed E-state index contributed by atoms with van der Waals surface area (Å²) in [4.78, 5) is 30.7. The fraction of sp³-hybridized carbons (Fsp3) is 0.259. The zero-order valence-electron chi connectivity index (χ0n) is 19.0. The van der Waals surface area contributed by atoms with Gasteiger partial charge in [0.15, 0.2) is 5.78 Å². The lowest BCUT2D eigenvalue weighted by molar-refractivity contribution is -0.132. The molecule has 2 heterocycles. The van der Waals surface area contributed by atoms with Gasteiger partial charge < -0.3 is 4.90 Å². The number of hydrogen-bond acceptors (Lipinski definition) is 4. The Morgan fingerprint density at radius 3 is 2.63 bits per heavy atom. The summed E-state index contributed by atoms with van der Waals surface area (Å²) >= 11 is 0. The molecule has 1 aliphatic heterocycles. The quantitative estimate of drug-likeness (QED) is 0.339. The molecule has 1 fully saturated rings. The topological polar surface area (TPSA) is 74.1 Å². The SMILES string of the molecule is C/C(=C\c1ccc(F)cc1)c1ccc2nccc(C(=O)CCC(=O)N3CC(F)(F)C[C@H]3C#N)c2c1. The van der Waals surface area contributed by atoms with E-state index in [1.165, 1.54) is 18.3 Å². The molecular formula is C27H22F3N3O2. The molecule has 2 aromatic carbocycles. The molecule has 8 heteroatoms. The highest BCUT2D eigenvalue weighted by atomic mass is 19.3. The van der Waals surface area contributed by atoms with Crippen molar-refractivity contribution in [2.45, 2.75) is 38.2 Å². The van der Waals surface area contributed by atoms with Crippen LogP contribution in [0, 0.1) is 17.1 Å². The zero-order chi connectivity index (χ0) is 25.2. The van der Waals surface area contributed by atoms with E-state index in [0.29, 0.717) is 16.5 Å². The minimum Gasteiger partial charge on any atom is -0.320 e. The van der Waals surface area contributed by atoms with Gasteiger partial charge in [-0.05, 0) is 54.0 Å². The molecule has 1 aliphatic rings. The normalized spacial score (nSPS) is 17.4. The fourth-order valence-electron chi connectivity index (χ4n) is 4.22. The molecule has 0 radical (unpaired) electrons. The number of aromatic nitrogens is 1. The van der Waals surface area contributed by atoms with Crippen LogP contribution in [0.2, 0.25) is 0 Å². The Hall–Kier alpha value is -3.99. The number of alkyl halides is 2. The molecule has 178 valence electrons. The van der Waals surface area contributed by atoms with Crippen LogP contribution in [-0.4, -0.2) is 40.1 Å². The minimum atomic E-state index is -3.10. The standard InChI is InChI=1S/C27H22F3N3O2/c1-17(12-18-2-5-20(28)6-3-18)19-4-7-24-23(13-19)22(10-11-32-24)25(34)8-9-26(35)33-16-27(29,30)14-21(33)15-31/h2-7,10-13,21H,8-9,14,16H2,1H3/b17-12+/t21-/m0/s1. The first-order valence-corrected chi connectivity index (χ1v) is 11.1. The highest BCUT2D eigenvalue weighted by Crippen LogP contribution is 2.32. The number of fused-ring (bicyclic) bond motifs is 1. The Bertz CT molecular complexity index is 1360. The second-order valence-electron chi connectivity index (χ2n) is 8.62. The van der Waals surface area contributed by atoms with Crippen molar-refractivity contribution in [1.82, 2.24) is 9.88 Å². The van der Waals surface area contributed by atoms with Crippen LogP contribution in [0.3, 0.4) is 0 Å². The number of carbonyl (C=O) groups excluding carboxylic acids is 2. The second-order valence-corrected chi connectivity index (χ2v) is 8.62. The third kappa shape index (κ3) is 5.40. The summed E-state index contributed by atoms with van der Waals surface area (Å²) in [6.07, 6.45) is 2.28. The van der Waals surface area contributed by atoms with Crippen molar-refractivity contribution in [3.8, 4) is 6.07 Å². The van der Waals surface area contributed by atoms with Gasteiger partial charge in [0.1, 0.15) is 11.9 Å². The molecular weight excluding hydrogens is 455 g/mol. The minimum absolute atomic E-state index is 0.174. The van der Waals surface area contributed by atoms with Crippen LogP contribution in [0.5, 0.6) is 0 Å². The zero-order valence-corrected chi connectivity index (χ0v) is 19.0. The van der Waals surface area contributed by atoms with Crippen LogP contribution in [0.1, 0.15) is 47.7 Å². The van der Waals surface area contributed by atoms with E-state index in [0.717, 1.165) is 21.6 Å². The molecule has 0 bridgehead atoms. The lowest BCUT2D eigenvalue weighted by atomic mass is 9.97. The number of likely N-dealkylation sites (tertiary alicyclic amines) is 1. The highest BCUT2D eigenvalue weighted by molar-refractivity contribution is 6.08. The van der Waals surface area contributed by atoms with Crippen molar-refractivity contribution in [1.29, 1.82) is 5.26 Å². The van der Waals surface area contributed by atoms with Gasteiger partial charge >= 0.3 is 0 Å². The van der Waals surface area contributed by atoms with E-state index in [9.17, 15) is 22.8 Å². The van der Waals surface area contributed by atoms with Gasteiger partial charge in [-0.25, -0.2) is 13.2 Å². The first-order valence-electron chi connectivity index (χ1n) is 11.1. The molecule has 0 saturated carbocycles. The van der Waals surface area contributed by atoms with Crippen molar-refractivity contribution >= 4 is 34.2 Å². The number of nitriles is 1. The Balaban J connectivity index is 1.54. The van der Waals surface area contributed by atoms with Crippen LogP contribution in [-0.2, 0) is 4.79 Å². The van der Waals surface area contributed by atoms with Crippen molar-refractivity contribution in [3.63, 3.8) is 0 Å². The fourth-order valence-corrected chi connectivity index (χ4v) is 4.22. The molecule has 4 rings (SSSR count). The molecule has 1 amide bonds. The number of pyridine rings is 1. The Kier molecular flexibility index (Phi) is 6.70. The van der Waals surface area contributed by atoms with Crippen LogP contribution in [0.25, 0.3) is 22.6 Å². The lowest BCUT2D eigenvalue weighted by Crippen LogP contribution is -2.36. The van der Waals surface area contributed by atoms with Crippen LogP contribution in [0.15, 0.2) is 54.7 Å². The predicted octanol–water partition coefficient (Wildman–Crippen LogP) is 5.66. The number of ketones is 1. The Morgan fingerprint density at radius 1 is 1.17 bits per heavy atom. The molecule has 1 saturated heterocycles. The number of hydrogen-bond donors (Lipinski definition) is 0. The van der Waals surface area contributed by atoms with Crippen molar-refractivity contribution in [2.24, 2.45) is 0 Å². The van der Waals surface area contributed by atoms with E-state index in [2.05, 4.69) is 4.98 Å². The first-order chi connectivity index (χ1) is 16.7. The van der Waals surface area contributed by atoms with Gasteiger partial charge in [-0.2, -0.15) is 5.26 Å². The molecule has 5 nitrogen and oxygen atoms in total. The number of Topliss-reactive ketones (excluding diaryl/α,β-unsaturated/α-hetero) is 1. The monoisotopic (exact) mass is 477 g/mol. The largest absolute Gasteiger partial charge is 0.320 e. The molecule has 1 atom stereocenters.